The van der Waals surface area contributed by atoms with Crippen LogP contribution in [0.25, 0.3) is 0 Å². The Hall–Kier alpha value is -2.74. The molecule has 9 heteroatoms. The van der Waals surface area contributed by atoms with Crippen LogP contribution < -0.4 is 14.8 Å². The van der Waals surface area contributed by atoms with Crippen LogP contribution in [0.4, 0.5) is 18.9 Å². The Kier molecular flexibility index (Phi) is 6.10. The summed E-state index contributed by atoms with van der Waals surface area (Å²) in [5.41, 5.74) is -0.762. The summed E-state index contributed by atoms with van der Waals surface area (Å²) in [5.74, 6) is -0.226. The number of nitrogens with one attached hydrogen (secondary N) is 1. The van der Waals surface area contributed by atoms with Gasteiger partial charge in [0.25, 0.3) is 5.91 Å². The first-order chi connectivity index (χ1) is 12.2. The number of methoxy groups -OCH3 is 1. The summed E-state index contributed by atoms with van der Waals surface area (Å²) in [5, 5.41) is 1.83. The number of halogens is 4. The van der Waals surface area contributed by atoms with E-state index in [0.717, 1.165) is 12.1 Å². The zero-order chi connectivity index (χ0) is 19.3. The van der Waals surface area contributed by atoms with Gasteiger partial charge in [-0.05, 0) is 36.4 Å². The Balaban J connectivity index is 2.05. The van der Waals surface area contributed by atoms with Crippen molar-refractivity contribution in [1.82, 2.24) is 0 Å². The van der Waals surface area contributed by atoms with E-state index in [4.69, 9.17) is 21.1 Å². The topological polar surface area (TPSA) is 64.6 Å². The average molecular weight is 388 g/mol. The van der Waals surface area contributed by atoms with Crippen LogP contribution in [-0.2, 0) is 11.0 Å². The van der Waals surface area contributed by atoms with Crippen molar-refractivity contribution in [2.24, 2.45) is 0 Å². The molecular weight excluding hydrogens is 375 g/mol. The highest BCUT2D eigenvalue weighted by Crippen LogP contribution is 2.36. The number of anilines is 1. The molecule has 0 radical (unpaired) electrons. The summed E-state index contributed by atoms with van der Waals surface area (Å²) in [6, 6.07) is 7.36. The van der Waals surface area contributed by atoms with Crippen molar-refractivity contribution >= 4 is 29.5 Å². The highest BCUT2D eigenvalue weighted by atomic mass is 35.5. The maximum atomic E-state index is 12.8. The van der Waals surface area contributed by atoms with Gasteiger partial charge in [-0.1, -0.05) is 11.6 Å². The molecular formula is C17H13ClF3NO4. The smallest absolute Gasteiger partial charge is 0.417 e. The first-order valence-electron chi connectivity index (χ1n) is 7.17. The van der Waals surface area contributed by atoms with Gasteiger partial charge in [0.15, 0.2) is 18.1 Å². The van der Waals surface area contributed by atoms with Crippen molar-refractivity contribution in [3.8, 4) is 11.5 Å². The fourth-order valence-electron chi connectivity index (χ4n) is 2.04. The molecule has 2 rings (SSSR count). The van der Waals surface area contributed by atoms with E-state index in [2.05, 4.69) is 5.32 Å². The zero-order valence-corrected chi connectivity index (χ0v) is 14.1. The van der Waals surface area contributed by atoms with Crippen LogP contribution in [0.15, 0.2) is 36.4 Å². The second-order valence-corrected chi connectivity index (χ2v) is 5.46. The number of alkyl halides is 3. The van der Waals surface area contributed by atoms with E-state index in [1.807, 2.05) is 0 Å². The summed E-state index contributed by atoms with van der Waals surface area (Å²) >= 11 is 5.52. The van der Waals surface area contributed by atoms with Gasteiger partial charge < -0.3 is 14.8 Å². The van der Waals surface area contributed by atoms with Gasteiger partial charge in [0.1, 0.15) is 6.29 Å². The van der Waals surface area contributed by atoms with Crippen LogP contribution in [0.3, 0.4) is 0 Å². The molecule has 2 aromatic carbocycles. The van der Waals surface area contributed by atoms with Gasteiger partial charge >= 0.3 is 6.18 Å². The molecule has 0 spiro atoms. The fraction of sp³-hybridized carbons (Fsp3) is 0.176. The van der Waals surface area contributed by atoms with Gasteiger partial charge in [0.05, 0.1) is 17.7 Å². The lowest BCUT2D eigenvalue weighted by Gasteiger charge is -2.13. The molecule has 1 N–H and O–H groups in total. The molecule has 0 unspecified atom stereocenters. The Morgan fingerprint density at radius 1 is 1.19 bits per heavy atom. The number of benzene rings is 2. The number of carbonyl (C=O) groups excluding carboxylic acids is 2. The molecule has 1 amide bonds. The van der Waals surface area contributed by atoms with Gasteiger partial charge in [-0.2, -0.15) is 13.2 Å². The summed E-state index contributed by atoms with van der Waals surface area (Å²) in [6.07, 6.45) is -4.01. The van der Waals surface area contributed by atoms with Gasteiger partial charge in [-0.15, -0.1) is 0 Å². The van der Waals surface area contributed by atoms with E-state index >= 15 is 0 Å². The predicted molar refractivity (Wildman–Crippen MR) is 89.0 cm³/mol. The molecule has 26 heavy (non-hydrogen) atoms. The van der Waals surface area contributed by atoms with Crippen molar-refractivity contribution in [1.29, 1.82) is 0 Å². The average Bonchev–Trinajstić information content (AvgIpc) is 2.60. The molecule has 0 heterocycles. The van der Waals surface area contributed by atoms with Crippen LogP contribution in [-0.4, -0.2) is 25.9 Å². The number of carbonyl (C=O) groups is 2. The van der Waals surface area contributed by atoms with Gasteiger partial charge in [-0.3, -0.25) is 9.59 Å². The number of ether oxygens (including phenoxy) is 2. The number of hydrogen-bond acceptors (Lipinski definition) is 4. The Labute approximate surface area is 151 Å². The van der Waals surface area contributed by atoms with E-state index in [1.165, 1.54) is 31.4 Å². The molecule has 0 aliphatic rings. The van der Waals surface area contributed by atoms with Gasteiger partial charge in [0.2, 0.25) is 0 Å². The van der Waals surface area contributed by atoms with E-state index in [-0.39, 0.29) is 17.2 Å². The minimum Gasteiger partial charge on any atom is -0.493 e. The number of rotatable bonds is 6. The molecule has 5 nitrogen and oxygen atoms in total. The molecule has 0 aromatic heterocycles. The molecule has 0 saturated heterocycles. The first kappa shape index (κ1) is 19.6. The second kappa shape index (κ2) is 8.09. The van der Waals surface area contributed by atoms with Crippen molar-refractivity contribution in [2.75, 3.05) is 19.0 Å². The fourth-order valence-corrected chi connectivity index (χ4v) is 2.26. The number of aldehydes is 1. The lowest BCUT2D eigenvalue weighted by molar-refractivity contribution is -0.137. The van der Waals surface area contributed by atoms with Crippen LogP contribution in [0.2, 0.25) is 5.02 Å². The zero-order valence-electron chi connectivity index (χ0n) is 13.4. The van der Waals surface area contributed by atoms with E-state index in [9.17, 15) is 22.8 Å². The van der Waals surface area contributed by atoms with E-state index in [1.54, 1.807) is 0 Å². The highest BCUT2D eigenvalue weighted by Gasteiger charge is 2.33. The third-order valence-corrected chi connectivity index (χ3v) is 3.57. The number of amides is 1. The third kappa shape index (κ3) is 4.89. The first-order valence-corrected chi connectivity index (χ1v) is 7.55. The summed E-state index contributed by atoms with van der Waals surface area (Å²) in [6.45, 7) is -0.471. The molecule has 0 atom stereocenters. The van der Waals surface area contributed by atoms with Gasteiger partial charge in [-0.25, -0.2) is 0 Å². The molecule has 2 aromatic rings. The van der Waals surface area contributed by atoms with Crippen LogP contribution in [0.5, 0.6) is 11.5 Å². The van der Waals surface area contributed by atoms with Crippen LogP contribution >= 0.6 is 11.6 Å². The van der Waals surface area contributed by atoms with Gasteiger partial charge in [0, 0.05) is 11.3 Å². The summed E-state index contributed by atoms with van der Waals surface area (Å²) < 4.78 is 48.8. The quantitative estimate of drug-likeness (QED) is 0.755. The minimum atomic E-state index is -4.64. The van der Waals surface area contributed by atoms with E-state index in [0.29, 0.717) is 11.8 Å². The largest absolute Gasteiger partial charge is 0.493 e. The van der Waals surface area contributed by atoms with Crippen molar-refractivity contribution < 1.29 is 32.2 Å². The monoisotopic (exact) mass is 387 g/mol. The Morgan fingerprint density at radius 3 is 2.54 bits per heavy atom. The van der Waals surface area contributed by atoms with Crippen molar-refractivity contribution in [3.63, 3.8) is 0 Å². The normalized spacial score (nSPS) is 11.0. The second-order valence-electron chi connectivity index (χ2n) is 5.06. The maximum Gasteiger partial charge on any atom is 0.417 e. The molecule has 0 aliphatic heterocycles. The lowest BCUT2D eigenvalue weighted by atomic mass is 10.2. The molecule has 0 fully saturated rings. The molecule has 0 bridgehead atoms. The lowest BCUT2D eigenvalue weighted by Crippen LogP contribution is -2.20. The highest BCUT2D eigenvalue weighted by molar-refractivity contribution is 6.31. The minimum absolute atomic E-state index is 0.0707. The molecule has 0 saturated carbocycles. The van der Waals surface area contributed by atoms with Crippen molar-refractivity contribution in [2.45, 2.75) is 6.18 Å². The van der Waals surface area contributed by atoms with Crippen molar-refractivity contribution in [3.05, 3.63) is 52.5 Å². The van der Waals surface area contributed by atoms with Crippen LogP contribution in [0.1, 0.15) is 15.9 Å². The van der Waals surface area contributed by atoms with E-state index < -0.39 is 29.3 Å². The predicted octanol–water partition coefficient (Wildman–Crippen LogP) is 4.20. The standard InChI is InChI=1S/C17H13ClF3NO4/c1-25-15-6-10(8-23)2-5-14(15)26-9-16(24)22-11-3-4-13(18)12(7-11)17(19,20)21/h2-8H,9H2,1H3,(H,22,24). The Morgan fingerprint density at radius 2 is 1.92 bits per heavy atom. The SMILES string of the molecule is COc1cc(C=O)ccc1OCC(=O)Nc1ccc(Cl)c(C(F)(F)F)c1. The Bertz CT molecular complexity index is 824. The molecule has 138 valence electrons. The maximum absolute atomic E-state index is 12.8. The van der Waals surface area contributed by atoms with Crippen LogP contribution in [0, 0.1) is 0 Å². The molecule has 0 aliphatic carbocycles. The summed E-state index contributed by atoms with van der Waals surface area (Å²) in [4.78, 5) is 22.6. The number of hydrogen-bond donors (Lipinski definition) is 1. The summed E-state index contributed by atoms with van der Waals surface area (Å²) in [7, 11) is 1.36. The third-order valence-electron chi connectivity index (χ3n) is 3.24.